The highest BCUT2D eigenvalue weighted by Gasteiger charge is 2.35. The Morgan fingerprint density at radius 2 is 1.85 bits per heavy atom. The van der Waals surface area contributed by atoms with Gasteiger partial charge < -0.3 is 0 Å². The summed E-state index contributed by atoms with van der Waals surface area (Å²) in [6.45, 7) is 5.29. The molecule has 0 aliphatic carbocycles. The number of ketones is 1. The first kappa shape index (κ1) is 18.9. The number of allylic oxidation sites excluding steroid dienone is 1. The zero-order chi connectivity index (χ0) is 19.0. The summed E-state index contributed by atoms with van der Waals surface area (Å²) in [5.41, 5.74) is 1.10. The molecule has 1 amide bonds. The van der Waals surface area contributed by atoms with Gasteiger partial charge in [0.25, 0.3) is 0 Å². The molecule has 3 rings (SSSR count). The van der Waals surface area contributed by atoms with Crippen molar-refractivity contribution in [3.8, 4) is 0 Å². The van der Waals surface area contributed by atoms with Gasteiger partial charge in [0.05, 0.1) is 20.6 Å². The van der Waals surface area contributed by atoms with Crippen molar-refractivity contribution >= 4 is 52.4 Å². The number of rotatable bonds is 4. The maximum atomic E-state index is 12.8. The van der Waals surface area contributed by atoms with E-state index in [9.17, 15) is 9.59 Å². The number of Topliss-reactive ketones (excluding diaryl/α,β-unsaturated/α-hetero) is 1. The topological polar surface area (TPSA) is 68.1 Å². The molecule has 2 aromatic rings. The van der Waals surface area contributed by atoms with Crippen LogP contribution in [0.3, 0.4) is 0 Å². The summed E-state index contributed by atoms with van der Waals surface area (Å²) in [7, 11) is 0. The molecule has 1 aliphatic rings. The lowest BCUT2D eigenvalue weighted by atomic mass is 10.1. The van der Waals surface area contributed by atoms with E-state index in [1.54, 1.807) is 43.6 Å². The number of carbonyl (C=O) groups is 2. The van der Waals surface area contributed by atoms with E-state index in [-0.39, 0.29) is 18.1 Å². The number of halogens is 2. The largest absolute Gasteiger partial charge is 0.294 e. The molecule has 0 fully saturated rings. The molecule has 26 heavy (non-hydrogen) atoms. The number of thioether (sulfide) groups is 1. The third-order valence-corrected chi connectivity index (χ3v) is 5.70. The summed E-state index contributed by atoms with van der Waals surface area (Å²) >= 11 is 13.4. The van der Waals surface area contributed by atoms with Crippen molar-refractivity contribution in [1.29, 1.82) is 0 Å². The van der Waals surface area contributed by atoms with Gasteiger partial charge in [-0.05, 0) is 30.8 Å². The van der Waals surface area contributed by atoms with E-state index in [4.69, 9.17) is 23.2 Å². The van der Waals surface area contributed by atoms with Gasteiger partial charge in [0.1, 0.15) is 0 Å². The lowest BCUT2D eigenvalue weighted by Gasteiger charge is -2.32. The maximum absolute atomic E-state index is 12.8. The average Bonchev–Trinajstić information content (AvgIpc) is 3.02. The van der Waals surface area contributed by atoms with E-state index < -0.39 is 0 Å². The number of nitrogens with zero attached hydrogens (tertiary/aromatic N) is 4. The van der Waals surface area contributed by atoms with Gasteiger partial charge in [-0.2, -0.15) is 0 Å². The minimum atomic E-state index is -0.183. The number of amides is 1. The van der Waals surface area contributed by atoms with Crippen LogP contribution in [0.25, 0.3) is 5.70 Å². The minimum Gasteiger partial charge on any atom is -0.294 e. The zero-order valence-corrected chi connectivity index (χ0v) is 16.7. The highest BCUT2D eigenvalue weighted by molar-refractivity contribution is 8.04. The zero-order valence-electron chi connectivity index (χ0n) is 14.4. The lowest BCUT2D eigenvalue weighted by molar-refractivity contribution is -0.119. The van der Waals surface area contributed by atoms with Crippen LogP contribution in [0.4, 0.5) is 0 Å². The highest BCUT2D eigenvalue weighted by Crippen LogP contribution is 2.41. The standard InChI is InChI=1S/C17H16Cl2N4O2S/c1-4-13(24)16-15(10-6-7-11(18)12(19)8-10)23(14(25)5-2)22-9(3)20-21-17(22)26-16/h6-8H,4-5H2,1-3H3. The molecular formula is C17H16Cl2N4O2S. The van der Waals surface area contributed by atoms with Crippen LogP contribution < -0.4 is 5.01 Å². The number of aryl methyl sites for hydroxylation is 1. The summed E-state index contributed by atoms with van der Waals surface area (Å²) in [6, 6.07) is 5.05. The molecular weight excluding hydrogens is 395 g/mol. The Balaban J connectivity index is 2.31. The second-order valence-corrected chi connectivity index (χ2v) is 7.38. The van der Waals surface area contributed by atoms with Crippen molar-refractivity contribution in [2.45, 2.75) is 38.8 Å². The van der Waals surface area contributed by atoms with Crippen molar-refractivity contribution in [2.24, 2.45) is 0 Å². The molecule has 0 saturated heterocycles. The van der Waals surface area contributed by atoms with Crippen LogP contribution >= 0.6 is 35.0 Å². The molecule has 0 spiro atoms. The second-order valence-electron chi connectivity index (χ2n) is 5.59. The van der Waals surface area contributed by atoms with Crippen molar-refractivity contribution in [1.82, 2.24) is 14.9 Å². The molecule has 9 heteroatoms. The summed E-state index contributed by atoms with van der Waals surface area (Å²) in [6.07, 6.45) is 0.550. The number of aromatic nitrogens is 3. The third kappa shape index (κ3) is 3.15. The Labute approximate surface area is 165 Å². The van der Waals surface area contributed by atoms with E-state index in [1.807, 2.05) is 0 Å². The fourth-order valence-corrected chi connectivity index (χ4v) is 4.02. The molecule has 6 nitrogen and oxygen atoms in total. The van der Waals surface area contributed by atoms with Gasteiger partial charge >= 0.3 is 0 Å². The van der Waals surface area contributed by atoms with E-state index in [0.717, 1.165) is 0 Å². The summed E-state index contributed by atoms with van der Waals surface area (Å²) in [5.74, 6) is 0.281. The molecule has 0 bridgehead atoms. The van der Waals surface area contributed by atoms with Gasteiger partial charge in [-0.3, -0.25) is 9.59 Å². The number of hydrogen-bond acceptors (Lipinski definition) is 5. The van der Waals surface area contributed by atoms with Crippen molar-refractivity contribution < 1.29 is 9.59 Å². The van der Waals surface area contributed by atoms with Crippen LogP contribution in [0.1, 0.15) is 38.1 Å². The first-order chi connectivity index (χ1) is 12.4. The smallest absolute Gasteiger partial charge is 0.246 e. The number of carbonyl (C=O) groups excluding carboxylic acids is 2. The van der Waals surface area contributed by atoms with E-state index in [0.29, 0.717) is 43.6 Å². The fraction of sp³-hybridized carbons (Fsp3) is 0.294. The van der Waals surface area contributed by atoms with Gasteiger partial charge in [0.15, 0.2) is 11.6 Å². The number of fused-ring (bicyclic) bond motifs is 1. The van der Waals surface area contributed by atoms with Crippen LogP contribution in [0, 0.1) is 6.92 Å². The monoisotopic (exact) mass is 410 g/mol. The number of hydrogen-bond donors (Lipinski definition) is 0. The molecule has 136 valence electrons. The summed E-state index contributed by atoms with van der Waals surface area (Å²) in [4.78, 5) is 25.9. The quantitative estimate of drug-likeness (QED) is 0.754. The first-order valence-corrected chi connectivity index (χ1v) is 9.62. The van der Waals surface area contributed by atoms with Gasteiger partial charge in [0, 0.05) is 18.4 Å². The van der Waals surface area contributed by atoms with Crippen LogP contribution in [0.5, 0.6) is 0 Å². The van der Waals surface area contributed by atoms with E-state index in [2.05, 4.69) is 10.2 Å². The Bertz CT molecular complexity index is 939. The molecule has 0 radical (unpaired) electrons. The molecule has 0 saturated carbocycles. The van der Waals surface area contributed by atoms with Gasteiger partial charge in [-0.1, -0.05) is 43.1 Å². The Morgan fingerprint density at radius 1 is 1.12 bits per heavy atom. The SMILES string of the molecule is CCC(=O)C1=C(c2ccc(Cl)c(Cl)c2)N(C(=O)CC)n2c(C)nnc2S1. The average molecular weight is 411 g/mol. The minimum absolute atomic E-state index is 0.0862. The Morgan fingerprint density at radius 3 is 2.46 bits per heavy atom. The molecule has 2 heterocycles. The van der Waals surface area contributed by atoms with Crippen molar-refractivity contribution in [3.63, 3.8) is 0 Å². The predicted molar refractivity (Wildman–Crippen MR) is 103 cm³/mol. The normalized spacial score (nSPS) is 13.8. The van der Waals surface area contributed by atoms with Gasteiger partial charge in [-0.15, -0.1) is 10.2 Å². The Kier molecular flexibility index (Phi) is 5.41. The van der Waals surface area contributed by atoms with Crippen LogP contribution in [-0.4, -0.2) is 26.6 Å². The van der Waals surface area contributed by atoms with Gasteiger partial charge in [-0.25, -0.2) is 9.69 Å². The molecule has 1 aromatic heterocycles. The van der Waals surface area contributed by atoms with Crippen LogP contribution in [0.15, 0.2) is 28.3 Å². The maximum Gasteiger partial charge on any atom is 0.246 e. The third-order valence-electron chi connectivity index (χ3n) is 3.89. The summed E-state index contributed by atoms with van der Waals surface area (Å²) in [5, 5.41) is 10.8. The molecule has 1 aliphatic heterocycles. The Hall–Kier alpha value is -1.83. The molecule has 0 N–H and O–H groups in total. The predicted octanol–water partition coefficient (Wildman–Crippen LogP) is 4.22. The highest BCUT2D eigenvalue weighted by atomic mass is 35.5. The first-order valence-electron chi connectivity index (χ1n) is 8.05. The molecule has 0 atom stereocenters. The fourth-order valence-electron chi connectivity index (χ4n) is 2.60. The van der Waals surface area contributed by atoms with Crippen LogP contribution in [-0.2, 0) is 9.59 Å². The van der Waals surface area contributed by atoms with E-state index >= 15 is 0 Å². The van der Waals surface area contributed by atoms with E-state index in [1.165, 1.54) is 16.8 Å². The number of benzene rings is 1. The summed E-state index contributed by atoms with van der Waals surface area (Å²) < 4.78 is 1.63. The molecule has 1 aromatic carbocycles. The van der Waals surface area contributed by atoms with Gasteiger partial charge in [0.2, 0.25) is 11.1 Å². The second kappa shape index (κ2) is 7.42. The van der Waals surface area contributed by atoms with Crippen molar-refractivity contribution in [2.75, 3.05) is 5.01 Å². The lowest BCUT2D eigenvalue weighted by Crippen LogP contribution is -2.42. The van der Waals surface area contributed by atoms with Crippen LogP contribution in [0.2, 0.25) is 10.0 Å². The molecule has 0 unspecified atom stereocenters. The van der Waals surface area contributed by atoms with Crippen molar-refractivity contribution in [3.05, 3.63) is 44.5 Å².